The van der Waals surface area contributed by atoms with Crippen LogP contribution in [0.1, 0.15) is 38.7 Å². The molecule has 0 radical (unpaired) electrons. The Morgan fingerprint density at radius 1 is 1.19 bits per heavy atom. The molecule has 1 aliphatic rings. The van der Waals surface area contributed by atoms with E-state index in [9.17, 15) is 4.79 Å². The first-order valence-corrected chi connectivity index (χ1v) is 9.51. The molecular formula is C22H28N2O2. The van der Waals surface area contributed by atoms with E-state index >= 15 is 0 Å². The highest BCUT2D eigenvalue weighted by molar-refractivity contribution is 5.83. The maximum Gasteiger partial charge on any atom is 0.226 e. The van der Waals surface area contributed by atoms with Crippen LogP contribution in [0.3, 0.4) is 0 Å². The lowest BCUT2D eigenvalue weighted by atomic mass is 9.74. The van der Waals surface area contributed by atoms with E-state index < -0.39 is 0 Å². The number of aromatic nitrogens is 1. The second-order valence-electron chi connectivity index (χ2n) is 7.29. The van der Waals surface area contributed by atoms with Gasteiger partial charge in [-0.05, 0) is 55.4 Å². The predicted molar refractivity (Wildman–Crippen MR) is 104 cm³/mol. The lowest BCUT2D eigenvalue weighted by Crippen LogP contribution is -2.48. The zero-order chi connectivity index (χ0) is 18.4. The van der Waals surface area contributed by atoms with Gasteiger partial charge in [-0.2, -0.15) is 0 Å². The number of hydrogen-bond donors (Lipinski definition) is 1. The van der Waals surface area contributed by atoms with Crippen LogP contribution in [0, 0.1) is 5.41 Å². The molecular weight excluding hydrogens is 324 g/mol. The summed E-state index contributed by atoms with van der Waals surface area (Å²) < 4.78 is 5.53. The Kier molecular flexibility index (Phi) is 6.04. The number of carbonyl (C=O) groups is 1. The molecule has 1 saturated heterocycles. The van der Waals surface area contributed by atoms with Gasteiger partial charge in [-0.1, -0.05) is 37.3 Å². The second-order valence-corrected chi connectivity index (χ2v) is 7.29. The quantitative estimate of drug-likeness (QED) is 0.855. The van der Waals surface area contributed by atoms with E-state index in [0.29, 0.717) is 13.2 Å². The van der Waals surface area contributed by atoms with E-state index in [1.54, 1.807) is 6.20 Å². The van der Waals surface area contributed by atoms with Crippen LogP contribution in [0.15, 0.2) is 48.8 Å². The molecule has 1 fully saturated rings. The van der Waals surface area contributed by atoms with Gasteiger partial charge in [-0.15, -0.1) is 0 Å². The van der Waals surface area contributed by atoms with Crippen LogP contribution in [0.25, 0.3) is 11.1 Å². The summed E-state index contributed by atoms with van der Waals surface area (Å²) in [4.78, 5) is 17.2. The first-order chi connectivity index (χ1) is 12.6. The van der Waals surface area contributed by atoms with Crippen LogP contribution in [-0.2, 0) is 16.0 Å². The molecule has 2 aromatic rings. The molecule has 2 heterocycles. The SMILES string of the molecule is CC[C@@H](C)NC(=O)C1(Cc2ccc(-c3cccnc3)cc2)CCOCC1. The molecule has 4 heteroatoms. The van der Waals surface area contributed by atoms with E-state index in [0.717, 1.165) is 36.8 Å². The van der Waals surface area contributed by atoms with Crippen LogP contribution in [0.2, 0.25) is 0 Å². The van der Waals surface area contributed by atoms with Gasteiger partial charge in [0.05, 0.1) is 5.41 Å². The summed E-state index contributed by atoms with van der Waals surface area (Å²) in [5.74, 6) is 0.173. The van der Waals surface area contributed by atoms with E-state index in [-0.39, 0.29) is 17.4 Å². The lowest BCUT2D eigenvalue weighted by molar-refractivity contribution is -0.137. The Bertz CT molecular complexity index is 707. The van der Waals surface area contributed by atoms with Crippen LogP contribution in [0.4, 0.5) is 0 Å². The average molecular weight is 352 g/mol. The normalized spacial score (nSPS) is 17.5. The standard InChI is InChI=1S/C22H28N2O2/c1-3-17(2)24-21(25)22(10-13-26-14-11-22)15-18-6-8-19(9-7-18)20-5-4-12-23-16-20/h4-9,12,16-17H,3,10-11,13-15H2,1-2H3,(H,24,25)/t17-/m1/s1. The van der Waals surface area contributed by atoms with E-state index in [1.807, 2.05) is 12.3 Å². The fraction of sp³-hybridized carbons (Fsp3) is 0.455. The molecule has 0 saturated carbocycles. The van der Waals surface area contributed by atoms with Crippen molar-refractivity contribution in [2.75, 3.05) is 13.2 Å². The van der Waals surface area contributed by atoms with Crippen molar-refractivity contribution in [1.82, 2.24) is 10.3 Å². The number of benzene rings is 1. The third-order valence-corrected chi connectivity index (χ3v) is 5.41. The van der Waals surface area contributed by atoms with E-state index in [2.05, 4.69) is 54.5 Å². The minimum absolute atomic E-state index is 0.173. The number of rotatable bonds is 6. The Labute approximate surface area is 156 Å². The summed E-state index contributed by atoms with van der Waals surface area (Å²) in [5, 5.41) is 3.19. The van der Waals surface area contributed by atoms with Gasteiger partial charge >= 0.3 is 0 Å². The monoisotopic (exact) mass is 352 g/mol. The van der Waals surface area contributed by atoms with Gasteiger partial charge in [-0.25, -0.2) is 0 Å². The number of amides is 1. The van der Waals surface area contributed by atoms with Gasteiger partial charge in [0.1, 0.15) is 0 Å². The molecule has 26 heavy (non-hydrogen) atoms. The van der Waals surface area contributed by atoms with Gasteiger partial charge in [0.2, 0.25) is 5.91 Å². The predicted octanol–water partition coefficient (Wildman–Crippen LogP) is 4.00. The summed E-state index contributed by atoms with van der Waals surface area (Å²) in [6, 6.07) is 12.7. The van der Waals surface area contributed by atoms with E-state index in [1.165, 1.54) is 5.56 Å². The highest BCUT2D eigenvalue weighted by Crippen LogP contribution is 2.35. The molecule has 1 N–H and O–H groups in total. The van der Waals surface area contributed by atoms with Crippen LogP contribution in [-0.4, -0.2) is 30.1 Å². The Hall–Kier alpha value is -2.20. The Morgan fingerprint density at radius 2 is 1.92 bits per heavy atom. The number of hydrogen-bond acceptors (Lipinski definition) is 3. The third kappa shape index (κ3) is 4.31. The van der Waals surface area contributed by atoms with Gasteiger partial charge in [0.15, 0.2) is 0 Å². The van der Waals surface area contributed by atoms with Gasteiger partial charge in [0.25, 0.3) is 0 Å². The number of nitrogens with zero attached hydrogens (tertiary/aromatic N) is 1. The zero-order valence-electron chi connectivity index (χ0n) is 15.7. The molecule has 1 amide bonds. The maximum atomic E-state index is 13.0. The molecule has 0 spiro atoms. The highest BCUT2D eigenvalue weighted by Gasteiger charge is 2.40. The molecule has 138 valence electrons. The minimum Gasteiger partial charge on any atom is -0.381 e. The molecule has 1 aromatic carbocycles. The van der Waals surface area contributed by atoms with Gasteiger partial charge < -0.3 is 10.1 Å². The van der Waals surface area contributed by atoms with E-state index in [4.69, 9.17) is 4.74 Å². The summed E-state index contributed by atoms with van der Waals surface area (Å²) in [6.45, 7) is 5.47. The van der Waals surface area contributed by atoms with Gasteiger partial charge in [-0.3, -0.25) is 9.78 Å². The van der Waals surface area contributed by atoms with Crippen LogP contribution >= 0.6 is 0 Å². The van der Waals surface area contributed by atoms with Gasteiger partial charge in [0, 0.05) is 31.6 Å². The average Bonchev–Trinajstić information content (AvgIpc) is 2.70. The largest absolute Gasteiger partial charge is 0.381 e. The third-order valence-electron chi connectivity index (χ3n) is 5.41. The summed E-state index contributed by atoms with van der Waals surface area (Å²) in [5.41, 5.74) is 3.08. The number of ether oxygens (including phenoxy) is 1. The Balaban J connectivity index is 1.77. The van der Waals surface area contributed by atoms with Crippen LogP contribution in [0.5, 0.6) is 0 Å². The maximum absolute atomic E-state index is 13.0. The summed E-state index contributed by atoms with van der Waals surface area (Å²) in [6.07, 6.45) is 6.90. The van der Waals surface area contributed by atoms with Crippen molar-refractivity contribution in [3.8, 4) is 11.1 Å². The first kappa shape index (κ1) is 18.6. The minimum atomic E-state index is -0.364. The number of nitrogens with one attached hydrogen (secondary N) is 1. The molecule has 1 atom stereocenters. The molecule has 0 bridgehead atoms. The lowest BCUT2D eigenvalue weighted by Gasteiger charge is -2.36. The molecule has 3 rings (SSSR count). The zero-order valence-corrected chi connectivity index (χ0v) is 15.7. The second kappa shape index (κ2) is 8.45. The summed E-state index contributed by atoms with van der Waals surface area (Å²) in [7, 11) is 0. The fourth-order valence-electron chi connectivity index (χ4n) is 3.46. The summed E-state index contributed by atoms with van der Waals surface area (Å²) >= 11 is 0. The molecule has 0 unspecified atom stereocenters. The number of pyridine rings is 1. The van der Waals surface area contributed by atoms with Crippen molar-refractivity contribution < 1.29 is 9.53 Å². The van der Waals surface area contributed by atoms with Crippen molar-refractivity contribution >= 4 is 5.91 Å². The van der Waals surface area contributed by atoms with Crippen molar-refractivity contribution in [2.45, 2.75) is 45.6 Å². The van der Waals surface area contributed by atoms with Crippen LogP contribution < -0.4 is 5.32 Å². The van der Waals surface area contributed by atoms with Crippen molar-refractivity contribution in [2.24, 2.45) is 5.41 Å². The van der Waals surface area contributed by atoms with Crippen molar-refractivity contribution in [3.05, 3.63) is 54.4 Å². The topological polar surface area (TPSA) is 51.2 Å². The number of carbonyl (C=O) groups excluding carboxylic acids is 1. The van der Waals surface area contributed by atoms with Crippen molar-refractivity contribution in [1.29, 1.82) is 0 Å². The first-order valence-electron chi connectivity index (χ1n) is 9.51. The smallest absolute Gasteiger partial charge is 0.226 e. The fourth-order valence-corrected chi connectivity index (χ4v) is 3.46. The molecule has 4 nitrogen and oxygen atoms in total. The highest BCUT2D eigenvalue weighted by atomic mass is 16.5. The molecule has 0 aliphatic carbocycles. The Morgan fingerprint density at radius 3 is 2.54 bits per heavy atom. The molecule has 1 aromatic heterocycles. The molecule has 1 aliphatic heterocycles. The van der Waals surface area contributed by atoms with Crippen molar-refractivity contribution in [3.63, 3.8) is 0 Å².